The first kappa shape index (κ1) is 13.3. The quantitative estimate of drug-likeness (QED) is 0.719. The fraction of sp³-hybridized carbons (Fsp3) is 0.286. The lowest BCUT2D eigenvalue weighted by molar-refractivity contribution is 1.10. The van der Waals surface area contributed by atoms with Crippen LogP contribution in [-0.4, -0.2) is 9.97 Å². The van der Waals surface area contributed by atoms with Gasteiger partial charge in [0, 0.05) is 11.1 Å². The summed E-state index contributed by atoms with van der Waals surface area (Å²) in [6.45, 7) is 4.85. The highest BCUT2D eigenvalue weighted by Crippen LogP contribution is 2.30. The van der Waals surface area contributed by atoms with E-state index in [4.69, 9.17) is 5.73 Å². The van der Waals surface area contributed by atoms with E-state index in [1.807, 2.05) is 25.3 Å². The van der Waals surface area contributed by atoms with Crippen molar-refractivity contribution in [3.8, 4) is 0 Å². The van der Waals surface area contributed by atoms with Crippen LogP contribution in [-0.2, 0) is 13.0 Å². The zero-order valence-electron chi connectivity index (χ0n) is 11.4. The number of thiazole rings is 2. The lowest BCUT2D eigenvalue weighted by Crippen LogP contribution is -2.02. The van der Waals surface area contributed by atoms with Crippen LogP contribution < -0.4 is 11.1 Å². The second kappa shape index (κ2) is 5.38. The fourth-order valence-electron chi connectivity index (χ4n) is 2.02. The van der Waals surface area contributed by atoms with E-state index < -0.39 is 0 Å². The third kappa shape index (κ3) is 2.62. The molecule has 0 bridgehead atoms. The van der Waals surface area contributed by atoms with Crippen molar-refractivity contribution in [3.05, 3.63) is 33.2 Å². The zero-order chi connectivity index (χ0) is 14.1. The van der Waals surface area contributed by atoms with E-state index in [0.717, 1.165) is 38.0 Å². The molecule has 2 aromatic heterocycles. The highest BCUT2D eigenvalue weighted by Gasteiger charge is 2.07. The third-order valence-electron chi connectivity index (χ3n) is 3.05. The van der Waals surface area contributed by atoms with Crippen LogP contribution in [0, 0.1) is 6.92 Å². The molecule has 3 aromatic rings. The van der Waals surface area contributed by atoms with E-state index in [0.29, 0.717) is 6.54 Å². The predicted molar refractivity (Wildman–Crippen MR) is 87.6 cm³/mol. The smallest absolute Gasteiger partial charge is 0.112 e. The van der Waals surface area contributed by atoms with Crippen LogP contribution in [0.5, 0.6) is 0 Å². The van der Waals surface area contributed by atoms with Crippen LogP contribution in [0.4, 0.5) is 11.4 Å². The third-order valence-corrected chi connectivity index (χ3v) is 5.12. The summed E-state index contributed by atoms with van der Waals surface area (Å²) >= 11 is 3.40. The first-order chi connectivity index (χ1) is 9.65. The normalized spacial score (nSPS) is 11.1. The van der Waals surface area contributed by atoms with Gasteiger partial charge in [0.2, 0.25) is 0 Å². The summed E-state index contributed by atoms with van der Waals surface area (Å²) in [6.07, 6.45) is 2.97. The second-order valence-electron chi connectivity index (χ2n) is 4.57. The van der Waals surface area contributed by atoms with Crippen molar-refractivity contribution in [3.63, 3.8) is 0 Å². The van der Waals surface area contributed by atoms with Gasteiger partial charge in [-0.25, -0.2) is 9.97 Å². The summed E-state index contributed by atoms with van der Waals surface area (Å²) in [5.41, 5.74) is 8.77. The molecular weight excluding hydrogens is 288 g/mol. The van der Waals surface area contributed by atoms with Crippen molar-refractivity contribution < 1.29 is 0 Å². The standard InChI is InChI=1S/C14H16N4S2/c1-3-9-6-17-14(20-9)7-16-11-5-12-13(4-10(11)15)19-8(2)18-12/h4-6,16H,3,7,15H2,1-2H3. The molecule has 0 saturated heterocycles. The van der Waals surface area contributed by atoms with Gasteiger partial charge in [-0.15, -0.1) is 22.7 Å². The summed E-state index contributed by atoms with van der Waals surface area (Å²) in [6, 6.07) is 4.00. The molecule has 0 aliphatic rings. The lowest BCUT2D eigenvalue weighted by Gasteiger charge is -2.07. The largest absolute Gasteiger partial charge is 0.397 e. The summed E-state index contributed by atoms with van der Waals surface area (Å²) in [5, 5.41) is 5.49. The number of rotatable bonds is 4. The lowest BCUT2D eigenvalue weighted by atomic mass is 10.2. The molecule has 6 heteroatoms. The minimum absolute atomic E-state index is 0.698. The molecule has 0 radical (unpaired) electrons. The molecule has 3 rings (SSSR count). The monoisotopic (exact) mass is 304 g/mol. The number of aromatic nitrogens is 2. The van der Waals surface area contributed by atoms with Gasteiger partial charge in [0.15, 0.2) is 0 Å². The molecule has 0 unspecified atom stereocenters. The summed E-state index contributed by atoms with van der Waals surface area (Å²) in [5.74, 6) is 0. The Bertz CT molecular complexity index is 745. The van der Waals surface area contributed by atoms with Crippen LogP contribution in [0.3, 0.4) is 0 Å². The number of nitrogens with one attached hydrogen (secondary N) is 1. The van der Waals surface area contributed by atoms with Gasteiger partial charge < -0.3 is 11.1 Å². The Morgan fingerprint density at radius 1 is 1.30 bits per heavy atom. The number of fused-ring (bicyclic) bond motifs is 1. The average Bonchev–Trinajstić information content (AvgIpc) is 3.01. The van der Waals surface area contributed by atoms with Gasteiger partial charge in [0.1, 0.15) is 5.01 Å². The molecule has 0 saturated carbocycles. The van der Waals surface area contributed by atoms with Gasteiger partial charge in [0.05, 0.1) is 33.1 Å². The van der Waals surface area contributed by atoms with Crippen LogP contribution in [0.15, 0.2) is 18.3 Å². The number of nitrogens with two attached hydrogens (primary N) is 1. The number of hydrogen-bond donors (Lipinski definition) is 2. The second-order valence-corrected chi connectivity index (χ2v) is 7.00. The molecule has 0 aliphatic heterocycles. The number of anilines is 2. The van der Waals surface area contributed by atoms with Gasteiger partial charge in [-0.3, -0.25) is 0 Å². The van der Waals surface area contributed by atoms with E-state index in [-0.39, 0.29) is 0 Å². The van der Waals surface area contributed by atoms with E-state index in [1.54, 1.807) is 22.7 Å². The Morgan fingerprint density at radius 3 is 2.90 bits per heavy atom. The molecule has 0 aliphatic carbocycles. The van der Waals surface area contributed by atoms with E-state index >= 15 is 0 Å². The summed E-state index contributed by atoms with van der Waals surface area (Å²) in [4.78, 5) is 10.2. The maximum absolute atomic E-state index is 6.09. The number of nitrogens with zero attached hydrogens (tertiary/aromatic N) is 2. The summed E-state index contributed by atoms with van der Waals surface area (Å²) < 4.78 is 1.13. The van der Waals surface area contributed by atoms with Gasteiger partial charge in [-0.2, -0.15) is 0 Å². The Balaban J connectivity index is 1.81. The molecule has 0 atom stereocenters. The van der Waals surface area contributed by atoms with Gasteiger partial charge >= 0.3 is 0 Å². The van der Waals surface area contributed by atoms with Gasteiger partial charge in [0.25, 0.3) is 0 Å². The molecule has 4 nitrogen and oxygen atoms in total. The van der Waals surface area contributed by atoms with Crippen molar-refractivity contribution >= 4 is 44.3 Å². The first-order valence-corrected chi connectivity index (χ1v) is 8.13. The molecule has 1 aromatic carbocycles. The summed E-state index contributed by atoms with van der Waals surface area (Å²) in [7, 11) is 0. The van der Waals surface area contributed by atoms with Crippen molar-refractivity contribution in [2.24, 2.45) is 0 Å². The molecule has 0 fully saturated rings. The van der Waals surface area contributed by atoms with Crippen LogP contribution in [0.2, 0.25) is 0 Å². The van der Waals surface area contributed by atoms with Crippen molar-refractivity contribution in [2.45, 2.75) is 26.8 Å². The minimum Gasteiger partial charge on any atom is -0.397 e. The van der Waals surface area contributed by atoms with Crippen molar-refractivity contribution in [1.29, 1.82) is 0 Å². The van der Waals surface area contributed by atoms with Crippen LogP contribution in [0.1, 0.15) is 21.8 Å². The number of aryl methyl sites for hydroxylation is 2. The molecular formula is C14H16N4S2. The van der Waals surface area contributed by atoms with Crippen molar-refractivity contribution in [2.75, 3.05) is 11.1 Å². The Kier molecular flexibility index (Phi) is 3.58. The Morgan fingerprint density at radius 2 is 2.15 bits per heavy atom. The highest BCUT2D eigenvalue weighted by molar-refractivity contribution is 7.18. The Labute approximate surface area is 125 Å². The molecule has 2 heterocycles. The highest BCUT2D eigenvalue weighted by atomic mass is 32.1. The average molecular weight is 304 g/mol. The van der Waals surface area contributed by atoms with Gasteiger partial charge in [-0.05, 0) is 25.5 Å². The number of hydrogen-bond acceptors (Lipinski definition) is 6. The molecule has 0 spiro atoms. The molecule has 20 heavy (non-hydrogen) atoms. The molecule has 3 N–H and O–H groups in total. The SMILES string of the molecule is CCc1cnc(CNc2cc3nc(C)sc3cc2N)s1. The number of nitrogen functional groups attached to an aromatic ring is 1. The fourth-order valence-corrected chi connectivity index (χ4v) is 3.68. The maximum atomic E-state index is 6.09. The van der Waals surface area contributed by atoms with Crippen molar-refractivity contribution in [1.82, 2.24) is 9.97 Å². The van der Waals surface area contributed by atoms with Crippen LogP contribution >= 0.6 is 22.7 Å². The number of benzene rings is 1. The zero-order valence-corrected chi connectivity index (χ0v) is 13.1. The molecule has 104 valence electrons. The molecule has 0 amide bonds. The topological polar surface area (TPSA) is 63.8 Å². The maximum Gasteiger partial charge on any atom is 0.112 e. The van der Waals surface area contributed by atoms with Crippen LogP contribution in [0.25, 0.3) is 10.2 Å². The van der Waals surface area contributed by atoms with E-state index in [1.165, 1.54) is 4.88 Å². The Hall–Kier alpha value is -1.66. The predicted octanol–water partition coefficient (Wildman–Crippen LogP) is 3.82. The van der Waals surface area contributed by atoms with E-state index in [2.05, 4.69) is 22.2 Å². The van der Waals surface area contributed by atoms with Gasteiger partial charge in [-0.1, -0.05) is 6.92 Å². The van der Waals surface area contributed by atoms with E-state index in [9.17, 15) is 0 Å². The first-order valence-electron chi connectivity index (χ1n) is 6.50. The minimum atomic E-state index is 0.698.